The van der Waals surface area contributed by atoms with Gasteiger partial charge in [0.1, 0.15) is 12.2 Å². The van der Waals surface area contributed by atoms with E-state index in [9.17, 15) is 24.9 Å². The molecule has 0 aromatic rings. The molecule has 0 bridgehead atoms. The Kier molecular flexibility index (Phi) is 5.15. The van der Waals surface area contributed by atoms with Crippen molar-refractivity contribution in [3.63, 3.8) is 0 Å². The van der Waals surface area contributed by atoms with Crippen LogP contribution >= 0.6 is 0 Å². The lowest BCUT2D eigenvalue weighted by Crippen LogP contribution is -2.75. The second-order valence-electron chi connectivity index (χ2n) is 4.61. The largest absolute Gasteiger partial charge is 0.481 e. The molecule has 0 saturated carbocycles. The van der Waals surface area contributed by atoms with Crippen LogP contribution in [0.4, 0.5) is 0 Å². The second-order valence-corrected chi connectivity index (χ2v) is 4.61. The molecule has 10 heteroatoms. The fourth-order valence-corrected chi connectivity index (χ4v) is 2.07. The van der Waals surface area contributed by atoms with E-state index >= 15 is 0 Å². The minimum Gasteiger partial charge on any atom is -0.481 e. The number of Topliss-reactive ketones (excluding diaryl/α,β-unsaturated/α-hetero) is 1. The Balaban J connectivity index is 3.07. The van der Waals surface area contributed by atoms with Gasteiger partial charge in [0.05, 0.1) is 25.1 Å². The van der Waals surface area contributed by atoms with Gasteiger partial charge in [0.2, 0.25) is 0 Å². The maximum absolute atomic E-state index is 12.1. The Bertz CT molecular complexity index is 391. The highest BCUT2D eigenvalue weighted by Crippen LogP contribution is 2.30. The second kappa shape index (κ2) is 6.10. The molecule has 1 fully saturated rings. The van der Waals surface area contributed by atoms with Crippen LogP contribution in [0, 0.1) is 0 Å². The van der Waals surface area contributed by atoms with Gasteiger partial charge < -0.3 is 41.7 Å². The summed E-state index contributed by atoms with van der Waals surface area (Å²) in [6.07, 6.45) is -6.04. The molecule has 1 heterocycles. The average Bonchev–Trinajstić information content (AvgIpc) is 2.38. The number of ketones is 1. The molecule has 0 radical (unpaired) electrons. The first-order valence-electron chi connectivity index (χ1n) is 5.78. The number of carbonyl (C=O) groups is 2. The van der Waals surface area contributed by atoms with Gasteiger partial charge in [-0.1, -0.05) is 0 Å². The summed E-state index contributed by atoms with van der Waals surface area (Å²) in [6, 6.07) is -3.38. The first-order valence-corrected chi connectivity index (χ1v) is 5.78. The molecule has 6 atom stereocenters. The molecule has 0 aromatic carbocycles. The fraction of sp³-hybridized carbons (Fsp3) is 0.800. The Labute approximate surface area is 113 Å². The summed E-state index contributed by atoms with van der Waals surface area (Å²) in [5.41, 5.74) is 8.07. The number of aliphatic carboxylic acids is 1. The van der Waals surface area contributed by atoms with Crippen molar-refractivity contribution in [3.05, 3.63) is 0 Å². The number of hydrogen-bond donors (Lipinski definition) is 7. The SMILES string of the molecule is N[C@@H](CC(=O)O)C(=O)[C@]1(O)[C@H](O)[C@@H](CO)OC(O)[C@@H]1N. The van der Waals surface area contributed by atoms with Gasteiger partial charge in [-0.3, -0.25) is 9.59 Å². The van der Waals surface area contributed by atoms with E-state index in [1.165, 1.54) is 0 Å². The average molecular weight is 294 g/mol. The van der Waals surface area contributed by atoms with Crippen molar-refractivity contribution in [3.8, 4) is 0 Å². The van der Waals surface area contributed by atoms with Crippen molar-refractivity contribution in [1.82, 2.24) is 0 Å². The molecule has 1 aliphatic rings. The van der Waals surface area contributed by atoms with Crippen LogP contribution in [0.3, 0.4) is 0 Å². The van der Waals surface area contributed by atoms with Crippen molar-refractivity contribution in [2.24, 2.45) is 11.5 Å². The van der Waals surface area contributed by atoms with Gasteiger partial charge in [-0.05, 0) is 0 Å². The standard InChI is InChI=1S/C10H18N2O8/c11-3(1-5(14)15)7(16)10(19)6(12)9(18)20-4(2-13)8(10)17/h3-4,6,8-9,13,17-19H,1-2,11-12H2,(H,14,15)/t3-,4+,6-,8+,9?,10-/m0/s1. The highest BCUT2D eigenvalue weighted by Gasteiger charge is 2.59. The molecule has 1 aliphatic heterocycles. The number of aliphatic hydroxyl groups excluding tert-OH is 3. The lowest BCUT2D eigenvalue weighted by atomic mass is 9.77. The third-order valence-electron chi connectivity index (χ3n) is 3.24. The van der Waals surface area contributed by atoms with Gasteiger partial charge >= 0.3 is 5.97 Å². The number of hydrogen-bond acceptors (Lipinski definition) is 9. The van der Waals surface area contributed by atoms with E-state index in [4.69, 9.17) is 26.4 Å². The van der Waals surface area contributed by atoms with Gasteiger partial charge in [-0.2, -0.15) is 0 Å². The molecule has 0 aliphatic carbocycles. The Hall–Kier alpha value is -1.14. The molecule has 1 saturated heterocycles. The zero-order valence-corrected chi connectivity index (χ0v) is 10.4. The molecule has 1 rings (SSSR count). The fourth-order valence-electron chi connectivity index (χ4n) is 2.07. The smallest absolute Gasteiger partial charge is 0.305 e. The highest BCUT2D eigenvalue weighted by molar-refractivity contribution is 5.95. The molecule has 9 N–H and O–H groups in total. The van der Waals surface area contributed by atoms with Crippen molar-refractivity contribution in [1.29, 1.82) is 0 Å². The first-order chi connectivity index (χ1) is 9.16. The van der Waals surface area contributed by atoms with Crippen LogP contribution < -0.4 is 11.5 Å². The third-order valence-corrected chi connectivity index (χ3v) is 3.24. The number of nitrogens with two attached hydrogens (primary N) is 2. The van der Waals surface area contributed by atoms with Gasteiger partial charge in [-0.15, -0.1) is 0 Å². The van der Waals surface area contributed by atoms with Gasteiger partial charge in [0.25, 0.3) is 0 Å². The third kappa shape index (κ3) is 2.81. The number of carboxylic acids is 1. The predicted octanol–water partition coefficient (Wildman–Crippen LogP) is -4.51. The minimum absolute atomic E-state index is 0.790. The van der Waals surface area contributed by atoms with E-state index in [0.29, 0.717) is 0 Å². The molecule has 116 valence electrons. The summed E-state index contributed by atoms with van der Waals surface area (Å²) in [6.45, 7) is -0.797. The number of aliphatic hydroxyl groups is 4. The van der Waals surface area contributed by atoms with Crippen LogP contribution in [0.2, 0.25) is 0 Å². The van der Waals surface area contributed by atoms with E-state index < -0.39 is 61.0 Å². The first kappa shape index (κ1) is 16.9. The van der Waals surface area contributed by atoms with Crippen molar-refractivity contribution in [2.75, 3.05) is 6.61 Å². The Morgan fingerprint density at radius 1 is 1.35 bits per heavy atom. The monoisotopic (exact) mass is 294 g/mol. The van der Waals surface area contributed by atoms with Crippen LogP contribution in [0.15, 0.2) is 0 Å². The number of carbonyl (C=O) groups excluding carboxylic acids is 1. The zero-order valence-electron chi connectivity index (χ0n) is 10.4. The lowest BCUT2D eigenvalue weighted by Gasteiger charge is -2.46. The maximum atomic E-state index is 12.1. The summed E-state index contributed by atoms with van der Waals surface area (Å²) in [5, 5.41) is 47.2. The van der Waals surface area contributed by atoms with Crippen molar-refractivity contribution in [2.45, 2.75) is 42.6 Å². The van der Waals surface area contributed by atoms with Crippen LogP contribution in [0.25, 0.3) is 0 Å². The Morgan fingerprint density at radius 2 is 1.90 bits per heavy atom. The Morgan fingerprint density at radius 3 is 2.35 bits per heavy atom. The summed E-state index contributed by atoms with van der Waals surface area (Å²) < 4.78 is 4.73. The van der Waals surface area contributed by atoms with Gasteiger partial charge in [0, 0.05) is 0 Å². The minimum atomic E-state index is -2.72. The molecule has 0 aromatic heterocycles. The van der Waals surface area contributed by atoms with Gasteiger partial charge in [0.15, 0.2) is 17.7 Å². The molecule has 0 spiro atoms. The topological polar surface area (TPSA) is 197 Å². The van der Waals surface area contributed by atoms with Crippen LogP contribution in [-0.4, -0.2) is 80.1 Å². The van der Waals surface area contributed by atoms with E-state index in [-0.39, 0.29) is 0 Å². The predicted molar refractivity (Wildman–Crippen MR) is 62.1 cm³/mol. The van der Waals surface area contributed by atoms with E-state index in [1.807, 2.05) is 0 Å². The van der Waals surface area contributed by atoms with Crippen molar-refractivity contribution < 1.29 is 39.9 Å². The van der Waals surface area contributed by atoms with E-state index in [0.717, 1.165) is 0 Å². The summed E-state index contributed by atoms with van der Waals surface area (Å²) in [5.74, 6) is -2.63. The van der Waals surface area contributed by atoms with E-state index in [2.05, 4.69) is 0 Å². The summed E-state index contributed by atoms with van der Waals surface area (Å²) >= 11 is 0. The molecule has 10 nitrogen and oxygen atoms in total. The molecular formula is C10H18N2O8. The number of rotatable bonds is 5. The lowest BCUT2D eigenvalue weighted by molar-refractivity contribution is -0.275. The molecular weight excluding hydrogens is 276 g/mol. The maximum Gasteiger partial charge on any atom is 0.305 e. The van der Waals surface area contributed by atoms with Crippen LogP contribution in [0.1, 0.15) is 6.42 Å². The molecule has 0 amide bonds. The summed E-state index contributed by atoms with van der Waals surface area (Å²) in [4.78, 5) is 22.6. The number of ether oxygens (including phenoxy) is 1. The zero-order chi connectivity index (χ0) is 15.7. The van der Waals surface area contributed by atoms with Crippen LogP contribution in [0.5, 0.6) is 0 Å². The quantitative estimate of drug-likeness (QED) is 0.259. The number of carboxylic acid groups (broad SMARTS) is 1. The normalized spacial score (nSPS) is 39.3. The molecule has 20 heavy (non-hydrogen) atoms. The van der Waals surface area contributed by atoms with Crippen LogP contribution in [-0.2, 0) is 14.3 Å². The summed E-state index contributed by atoms with van der Waals surface area (Å²) in [7, 11) is 0. The molecule has 1 unspecified atom stereocenters. The van der Waals surface area contributed by atoms with Gasteiger partial charge in [-0.25, -0.2) is 0 Å². The van der Waals surface area contributed by atoms with Crippen molar-refractivity contribution >= 4 is 11.8 Å². The highest BCUT2D eigenvalue weighted by atomic mass is 16.6. The van der Waals surface area contributed by atoms with E-state index in [1.54, 1.807) is 0 Å².